The zero-order valence-electron chi connectivity index (χ0n) is 13.7. The molecule has 0 saturated heterocycles. The van der Waals surface area contributed by atoms with E-state index in [1.54, 1.807) is 0 Å². The van der Waals surface area contributed by atoms with Gasteiger partial charge in [-0.3, -0.25) is 4.68 Å². The van der Waals surface area contributed by atoms with Gasteiger partial charge in [-0.2, -0.15) is 5.10 Å². The van der Waals surface area contributed by atoms with Crippen LogP contribution in [-0.2, 0) is 19.9 Å². The molecule has 2 aromatic rings. The summed E-state index contributed by atoms with van der Waals surface area (Å²) < 4.78 is 2.02. The number of hydrogen-bond donors (Lipinski definition) is 1. The zero-order chi connectivity index (χ0) is 15.2. The summed E-state index contributed by atoms with van der Waals surface area (Å²) in [6.07, 6.45) is 2.18. The zero-order valence-corrected chi connectivity index (χ0v) is 13.7. The van der Waals surface area contributed by atoms with Crippen molar-refractivity contribution in [1.82, 2.24) is 15.1 Å². The minimum absolute atomic E-state index is 0.598. The predicted octanol–water partition coefficient (Wildman–Crippen LogP) is 3.05. The maximum Gasteiger partial charge on any atom is 0.0596 e. The van der Waals surface area contributed by atoms with Crippen LogP contribution in [0.15, 0.2) is 30.3 Å². The van der Waals surface area contributed by atoms with Gasteiger partial charge in [0.2, 0.25) is 0 Å². The summed E-state index contributed by atoms with van der Waals surface area (Å²) >= 11 is 0. The smallest absolute Gasteiger partial charge is 0.0596 e. The predicted molar refractivity (Wildman–Crippen MR) is 88.6 cm³/mol. The molecule has 1 atom stereocenters. The van der Waals surface area contributed by atoms with Crippen LogP contribution in [0.3, 0.4) is 0 Å². The van der Waals surface area contributed by atoms with Crippen LogP contribution in [0.4, 0.5) is 0 Å². The van der Waals surface area contributed by atoms with Gasteiger partial charge < -0.3 is 5.32 Å². The normalized spacial score (nSPS) is 12.6. The fourth-order valence-corrected chi connectivity index (χ4v) is 2.87. The summed E-state index contributed by atoms with van der Waals surface area (Å²) in [5.41, 5.74) is 5.27. The van der Waals surface area contributed by atoms with Crippen LogP contribution in [0.2, 0.25) is 0 Å². The third-order valence-electron chi connectivity index (χ3n) is 4.05. The van der Waals surface area contributed by atoms with Crippen LogP contribution in [-0.4, -0.2) is 22.9 Å². The lowest BCUT2D eigenvalue weighted by molar-refractivity contribution is 0.463. The number of aryl methyl sites for hydroxylation is 3. The molecular weight excluding hydrogens is 258 g/mol. The molecule has 3 heteroatoms. The van der Waals surface area contributed by atoms with Gasteiger partial charge in [-0.15, -0.1) is 0 Å². The second kappa shape index (κ2) is 7.41. The van der Waals surface area contributed by atoms with Gasteiger partial charge in [0.15, 0.2) is 0 Å². The number of hydrogen-bond acceptors (Lipinski definition) is 2. The van der Waals surface area contributed by atoms with Crippen LogP contribution in [0.1, 0.15) is 29.4 Å². The topological polar surface area (TPSA) is 29.9 Å². The standard InChI is InChI=1S/C18H27N3/c1-5-19-13-16(11-17-9-7-6-8-14(17)2)12-18-10-15(3)20-21(18)4/h6-10,16,19H,5,11-13H2,1-4H3. The summed E-state index contributed by atoms with van der Waals surface area (Å²) in [4.78, 5) is 0. The summed E-state index contributed by atoms with van der Waals surface area (Å²) in [5, 5.41) is 7.97. The lowest BCUT2D eigenvalue weighted by Crippen LogP contribution is -2.26. The van der Waals surface area contributed by atoms with Crippen LogP contribution >= 0.6 is 0 Å². The Balaban J connectivity index is 2.11. The molecule has 0 aliphatic heterocycles. The molecule has 0 amide bonds. The first-order chi connectivity index (χ1) is 10.1. The van der Waals surface area contributed by atoms with Crippen molar-refractivity contribution < 1.29 is 0 Å². The third kappa shape index (κ3) is 4.43. The van der Waals surface area contributed by atoms with Crippen molar-refractivity contribution in [3.05, 3.63) is 52.8 Å². The van der Waals surface area contributed by atoms with E-state index in [1.165, 1.54) is 16.8 Å². The first-order valence-corrected chi connectivity index (χ1v) is 7.85. The number of rotatable bonds is 7. The van der Waals surface area contributed by atoms with Crippen LogP contribution < -0.4 is 5.32 Å². The number of nitrogens with zero attached hydrogens (tertiary/aromatic N) is 2. The van der Waals surface area contributed by atoms with Crippen molar-refractivity contribution in [2.45, 2.75) is 33.6 Å². The van der Waals surface area contributed by atoms with E-state index in [-0.39, 0.29) is 0 Å². The van der Waals surface area contributed by atoms with Gasteiger partial charge in [0.05, 0.1) is 5.69 Å². The van der Waals surface area contributed by atoms with Gasteiger partial charge in [-0.05, 0) is 62.9 Å². The Morgan fingerprint density at radius 1 is 1.19 bits per heavy atom. The highest BCUT2D eigenvalue weighted by Crippen LogP contribution is 2.17. The molecule has 1 aromatic carbocycles. The second-order valence-corrected chi connectivity index (χ2v) is 5.91. The lowest BCUT2D eigenvalue weighted by Gasteiger charge is -2.18. The Morgan fingerprint density at radius 2 is 1.95 bits per heavy atom. The van der Waals surface area contributed by atoms with Crippen molar-refractivity contribution in [3.63, 3.8) is 0 Å². The quantitative estimate of drug-likeness (QED) is 0.847. The van der Waals surface area contributed by atoms with Gasteiger partial charge >= 0.3 is 0 Å². The molecule has 0 fully saturated rings. The number of nitrogens with one attached hydrogen (secondary N) is 1. The van der Waals surface area contributed by atoms with Crippen LogP contribution in [0, 0.1) is 19.8 Å². The van der Waals surface area contributed by atoms with Crippen LogP contribution in [0.5, 0.6) is 0 Å². The maximum absolute atomic E-state index is 4.47. The van der Waals surface area contributed by atoms with Crippen molar-refractivity contribution in [2.75, 3.05) is 13.1 Å². The van der Waals surface area contributed by atoms with Gasteiger partial charge in [-0.25, -0.2) is 0 Å². The van der Waals surface area contributed by atoms with E-state index in [9.17, 15) is 0 Å². The second-order valence-electron chi connectivity index (χ2n) is 5.91. The minimum Gasteiger partial charge on any atom is -0.317 e. The first-order valence-electron chi connectivity index (χ1n) is 7.85. The average Bonchev–Trinajstić information content (AvgIpc) is 2.76. The number of aromatic nitrogens is 2. The molecule has 0 bridgehead atoms. The highest BCUT2D eigenvalue weighted by Gasteiger charge is 2.14. The maximum atomic E-state index is 4.47. The van der Waals surface area contributed by atoms with Gasteiger partial charge in [0.1, 0.15) is 0 Å². The molecule has 1 unspecified atom stereocenters. The van der Waals surface area contributed by atoms with E-state index in [0.717, 1.165) is 31.6 Å². The monoisotopic (exact) mass is 285 g/mol. The minimum atomic E-state index is 0.598. The van der Waals surface area contributed by atoms with Crippen molar-refractivity contribution in [1.29, 1.82) is 0 Å². The average molecular weight is 285 g/mol. The van der Waals surface area contributed by atoms with E-state index in [4.69, 9.17) is 0 Å². The lowest BCUT2D eigenvalue weighted by atomic mass is 9.92. The van der Waals surface area contributed by atoms with E-state index in [1.807, 2.05) is 11.7 Å². The van der Waals surface area contributed by atoms with Gasteiger partial charge in [0.25, 0.3) is 0 Å². The molecule has 0 aliphatic carbocycles. The van der Waals surface area contributed by atoms with E-state index >= 15 is 0 Å². The number of benzene rings is 1. The Kier molecular flexibility index (Phi) is 5.57. The van der Waals surface area contributed by atoms with Crippen LogP contribution in [0.25, 0.3) is 0 Å². The Morgan fingerprint density at radius 3 is 2.57 bits per heavy atom. The largest absolute Gasteiger partial charge is 0.317 e. The molecule has 0 aliphatic rings. The highest BCUT2D eigenvalue weighted by molar-refractivity contribution is 5.26. The van der Waals surface area contributed by atoms with Crippen molar-refractivity contribution in [2.24, 2.45) is 13.0 Å². The van der Waals surface area contributed by atoms with Gasteiger partial charge in [-0.1, -0.05) is 31.2 Å². The summed E-state index contributed by atoms with van der Waals surface area (Å²) in [6.45, 7) is 8.50. The molecule has 2 rings (SSSR count). The summed E-state index contributed by atoms with van der Waals surface area (Å²) in [5.74, 6) is 0.598. The molecule has 114 valence electrons. The third-order valence-corrected chi connectivity index (χ3v) is 4.05. The molecule has 3 nitrogen and oxygen atoms in total. The fourth-order valence-electron chi connectivity index (χ4n) is 2.87. The molecule has 1 aromatic heterocycles. The Hall–Kier alpha value is -1.61. The molecule has 21 heavy (non-hydrogen) atoms. The van der Waals surface area contributed by atoms with E-state index in [0.29, 0.717) is 5.92 Å². The molecule has 0 spiro atoms. The molecule has 1 N–H and O–H groups in total. The molecule has 0 saturated carbocycles. The Labute approximate surface area is 128 Å². The van der Waals surface area contributed by atoms with Crippen molar-refractivity contribution >= 4 is 0 Å². The molecule has 1 heterocycles. The Bertz CT molecular complexity index is 572. The summed E-state index contributed by atoms with van der Waals surface area (Å²) in [6, 6.07) is 10.9. The SMILES string of the molecule is CCNCC(Cc1ccccc1C)Cc1cc(C)nn1C. The van der Waals surface area contributed by atoms with E-state index in [2.05, 4.69) is 61.5 Å². The first kappa shape index (κ1) is 15.8. The van der Waals surface area contributed by atoms with Gasteiger partial charge in [0, 0.05) is 12.7 Å². The molecule has 0 radical (unpaired) electrons. The fraction of sp³-hybridized carbons (Fsp3) is 0.500. The summed E-state index contributed by atoms with van der Waals surface area (Å²) in [7, 11) is 2.04. The molecular formula is C18H27N3. The van der Waals surface area contributed by atoms with E-state index < -0.39 is 0 Å². The highest BCUT2D eigenvalue weighted by atomic mass is 15.3. The van der Waals surface area contributed by atoms with Crippen molar-refractivity contribution in [3.8, 4) is 0 Å².